The van der Waals surface area contributed by atoms with Crippen LogP contribution < -0.4 is 10.6 Å². The van der Waals surface area contributed by atoms with E-state index in [0.717, 1.165) is 31.9 Å². The van der Waals surface area contributed by atoms with Crippen molar-refractivity contribution in [2.24, 2.45) is 4.99 Å². The molecule has 2 aromatic carbocycles. The molecule has 2 heterocycles. The molecule has 1 aliphatic heterocycles. The number of hydrogen-bond acceptors (Lipinski definition) is 2. The number of halogens is 1. The van der Waals surface area contributed by atoms with Gasteiger partial charge >= 0.3 is 0 Å². The number of nitrogens with zero attached hydrogens (tertiary/aromatic N) is 2. The van der Waals surface area contributed by atoms with Gasteiger partial charge in [-0.2, -0.15) is 0 Å². The van der Waals surface area contributed by atoms with Gasteiger partial charge in [0.1, 0.15) is 0 Å². The molecule has 0 aliphatic carbocycles. The average Bonchev–Trinajstić information content (AvgIpc) is 3.37. The first kappa shape index (κ1) is 23.1. The zero-order chi connectivity index (χ0) is 20.8. The maximum Gasteiger partial charge on any atom is 0.222 e. The van der Waals surface area contributed by atoms with Crippen molar-refractivity contribution in [3.63, 3.8) is 0 Å². The van der Waals surface area contributed by atoms with E-state index in [2.05, 4.69) is 69.3 Å². The monoisotopic (exact) mass is 531 g/mol. The van der Waals surface area contributed by atoms with Crippen molar-refractivity contribution in [2.45, 2.75) is 32.4 Å². The van der Waals surface area contributed by atoms with Crippen LogP contribution in [0.15, 0.2) is 59.7 Å². The Balaban J connectivity index is 0.00000272. The van der Waals surface area contributed by atoms with Gasteiger partial charge in [0.25, 0.3) is 0 Å². The first-order chi connectivity index (χ1) is 14.7. The van der Waals surface area contributed by atoms with Crippen LogP contribution in [-0.4, -0.2) is 41.9 Å². The number of aromatic amines is 1. The molecule has 1 saturated heterocycles. The molecule has 164 valence electrons. The summed E-state index contributed by atoms with van der Waals surface area (Å²) in [6, 6.07) is 16.8. The maximum atomic E-state index is 11.9. The van der Waals surface area contributed by atoms with Gasteiger partial charge in [-0.1, -0.05) is 42.5 Å². The van der Waals surface area contributed by atoms with Gasteiger partial charge in [-0.3, -0.25) is 9.79 Å². The van der Waals surface area contributed by atoms with E-state index in [1.54, 1.807) is 7.05 Å². The third-order valence-electron chi connectivity index (χ3n) is 5.58. The number of benzene rings is 2. The predicted molar refractivity (Wildman–Crippen MR) is 137 cm³/mol. The highest BCUT2D eigenvalue weighted by Gasteiger charge is 2.19. The third-order valence-corrected chi connectivity index (χ3v) is 5.58. The molecule has 1 aromatic heterocycles. The van der Waals surface area contributed by atoms with Crippen LogP contribution in [0, 0.1) is 0 Å². The molecule has 31 heavy (non-hydrogen) atoms. The number of rotatable bonds is 7. The largest absolute Gasteiger partial charge is 0.361 e. The van der Waals surface area contributed by atoms with Gasteiger partial charge in [0.2, 0.25) is 5.91 Å². The van der Waals surface area contributed by atoms with Crippen LogP contribution in [0.4, 0.5) is 0 Å². The van der Waals surface area contributed by atoms with E-state index in [4.69, 9.17) is 0 Å². The SMILES string of the molecule is CN=C(NCCc1c[nH]c2ccccc12)NCc1cccc(CN2CCCC2=O)c1.I. The standard InChI is InChI=1S/C24H29N5O.HI/c1-25-24(26-12-11-20-16-27-22-9-3-2-8-21(20)22)28-15-18-6-4-7-19(14-18)17-29-13-5-10-23(29)30;/h2-4,6-9,14,16,27H,5,10-13,15,17H2,1H3,(H2,25,26,28);1H. The molecule has 0 unspecified atom stereocenters. The summed E-state index contributed by atoms with van der Waals surface area (Å²) in [6.45, 7) is 3.06. The summed E-state index contributed by atoms with van der Waals surface area (Å²) in [7, 11) is 1.79. The zero-order valence-electron chi connectivity index (χ0n) is 17.9. The summed E-state index contributed by atoms with van der Waals surface area (Å²) in [6.07, 6.45) is 4.66. The predicted octanol–water partition coefficient (Wildman–Crippen LogP) is 3.82. The van der Waals surface area contributed by atoms with Crippen molar-refractivity contribution in [3.05, 3.63) is 71.4 Å². The number of carbonyl (C=O) groups excluding carboxylic acids is 1. The fourth-order valence-corrected chi connectivity index (χ4v) is 3.99. The Morgan fingerprint density at radius 1 is 1.13 bits per heavy atom. The Kier molecular flexibility index (Phi) is 8.34. The smallest absolute Gasteiger partial charge is 0.222 e. The van der Waals surface area contributed by atoms with E-state index in [9.17, 15) is 4.79 Å². The molecule has 3 N–H and O–H groups in total. The minimum absolute atomic E-state index is 0. The Bertz CT molecular complexity index is 1050. The van der Waals surface area contributed by atoms with E-state index >= 15 is 0 Å². The highest BCUT2D eigenvalue weighted by atomic mass is 127. The number of carbonyl (C=O) groups is 1. The summed E-state index contributed by atoms with van der Waals surface area (Å²) in [5.41, 5.74) is 4.83. The molecule has 7 heteroatoms. The lowest BCUT2D eigenvalue weighted by Crippen LogP contribution is -2.37. The summed E-state index contributed by atoms with van der Waals surface area (Å²) in [4.78, 5) is 21.5. The Hall–Kier alpha value is -2.55. The molecule has 1 fully saturated rings. The molecule has 0 spiro atoms. The van der Waals surface area contributed by atoms with Crippen molar-refractivity contribution in [1.29, 1.82) is 0 Å². The number of hydrogen-bond donors (Lipinski definition) is 3. The van der Waals surface area contributed by atoms with Gasteiger partial charge in [-0.05, 0) is 35.6 Å². The first-order valence-electron chi connectivity index (χ1n) is 10.6. The average molecular weight is 531 g/mol. The highest BCUT2D eigenvalue weighted by Crippen LogP contribution is 2.18. The lowest BCUT2D eigenvalue weighted by molar-refractivity contribution is -0.128. The third kappa shape index (κ3) is 6.00. The van der Waals surface area contributed by atoms with Gasteiger partial charge in [-0.15, -0.1) is 24.0 Å². The van der Waals surface area contributed by atoms with E-state index in [0.29, 0.717) is 19.5 Å². The summed E-state index contributed by atoms with van der Waals surface area (Å²) in [5, 5.41) is 8.05. The van der Waals surface area contributed by atoms with Crippen molar-refractivity contribution < 1.29 is 4.79 Å². The van der Waals surface area contributed by atoms with E-state index in [1.165, 1.54) is 27.6 Å². The van der Waals surface area contributed by atoms with Crippen LogP contribution in [-0.2, 0) is 24.3 Å². The summed E-state index contributed by atoms with van der Waals surface area (Å²) < 4.78 is 0. The van der Waals surface area contributed by atoms with Crippen LogP contribution in [0.25, 0.3) is 10.9 Å². The first-order valence-corrected chi connectivity index (χ1v) is 10.6. The minimum atomic E-state index is 0. The number of likely N-dealkylation sites (tertiary alicyclic amines) is 1. The number of H-pyrrole nitrogens is 1. The molecule has 0 bridgehead atoms. The second kappa shape index (κ2) is 11.2. The van der Waals surface area contributed by atoms with E-state index < -0.39 is 0 Å². The van der Waals surface area contributed by atoms with Crippen LogP contribution in [0.3, 0.4) is 0 Å². The van der Waals surface area contributed by atoms with Gasteiger partial charge in [0.15, 0.2) is 5.96 Å². The number of fused-ring (bicyclic) bond motifs is 1. The molecule has 1 amide bonds. The van der Waals surface area contributed by atoms with Gasteiger partial charge < -0.3 is 20.5 Å². The topological polar surface area (TPSA) is 72.5 Å². The number of nitrogens with one attached hydrogen (secondary N) is 3. The number of para-hydroxylation sites is 1. The molecule has 1 aliphatic rings. The lowest BCUT2D eigenvalue weighted by atomic mass is 10.1. The number of aliphatic imine (C=N–C) groups is 1. The fourth-order valence-electron chi connectivity index (χ4n) is 3.99. The summed E-state index contributed by atoms with van der Waals surface area (Å²) in [5.74, 6) is 1.05. The van der Waals surface area contributed by atoms with E-state index in [1.807, 2.05) is 11.0 Å². The normalized spacial score (nSPS) is 14.0. The Morgan fingerprint density at radius 3 is 2.77 bits per heavy atom. The Morgan fingerprint density at radius 2 is 1.97 bits per heavy atom. The van der Waals surface area contributed by atoms with Crippen LogP contribution in [0.1, 0.15) is 29.5 Å². The lowest BCUT2D eigenvalue weighted by Gasteiger charge is -2.16. The van der Waals surface area contributed by atoms with Crippen molar-refractivity contribution in [1.82, 2.24) is 20.5 Å². The van der Waals surface area contributed by atoms with Gasteiger partial charge in [0.05, 0.1) is 0 Å². The van der Waals surface area contributed by atoms with Crippen molar-refractivity contribution >= 4 is 46.7 Å². The number of guanidine groups is 1. The second-order valence-electron chi connectivity index (χ2n) is 7.70. The molecular formula is C24H30IN5O. The molecule has 0 radical (unpaired) electrons. The van der Waals surface area contributed by atoms with Crippen LogP contribution >= 0.6 is 24.0 Å². The molecule has 4 rings (SSSR count). The van der Waals surface area contributed by atoms with Crippen LogP contribution in [0.5, 0.6) is 0 Å². The van der Waals surface area contributed by atoms with E-state index in [-0.39, 0.29) is 29.9 Å². The summed E-state index contributed by atoms with van der Waals surface area (Å²) >= 11 is 0. The van der Waals surface area contributed by atoms with Crippen molar-refractivity contribution in [3.8, 4) is 0 Å². The Labute approximate surface area is 200 Å². The minimum Gasteiger partial charge on any atom is -0.361 e. The molecule has 6 nitrogen and oxygen atoms in total. The number of aromatic nitrogens is 1. The molecular weight excluding hydrogens is 501 g/mol. The zero-order valence-corrected chi connectivity index (χ0v) is 20.2. The maximum absolute atomic E-state index is 11.9. The quantitative estimate of drug-likeness (QED) is 0.247. The van der Waals surface area contributed by atoms with Crippen LogP contribution in [0.2, 0.25) is 0 Å². The molecule has 0 atom stereocenters. The highest BCUT2D eigenvalue weighted by molar-refractivity contribution is 14.0. The van der Waals surface area contributed by atoms with Crippen molar-refractivity contribution in [2.75, 3.05) is 20.1 Å². The fraction of sp³-hybridized carbons (Fsp3) is 0.333. The van der Waals surface area contributed by atoms with Gasteiger partial charge in [0, 0.05) is 56.7 Å². The molecule has 0 saturated carbocycles. The van der Waals surface area contributed by atoms with Gasteiger partial charge in [-0.25, -0.2) is 0 Å². The second-order valence-corrected chi connectivity index (χ2v) is 7.70. The molecule has 3 aromatic rings. The number of amides is 1.